The lowest BCUT2D eigenvalue weighted by Gasteiger charge is -2.47. The number of nitrogens with two attached hydrogens (primary N) is 1. The molecular formula is C17H28ClN3. The van der Waals surface area contributed by atoms with E-state index in [4.69, 9.17) is 17.3 Å². The van der Waals surface area contributed by atoms with Crippen LogP contribution in [0.2, 0.25) is 5.02 Å². The maximum Gasteiger partial charge on any atom is 0.0407 e. The van der Waals surface area contributed by atoms with Crippen molar-refractivity contribution in [3.63, 3.8) is 0 Å². The smallest absolute Gasteiger partial charge is 0.0407 e. The number of piperazine rings is 1. The third kappa shape index (κ3) is 4.12. The van der Waals surface area contributed by atoms with Crippen molar-refractivity contribution in [1.29, 1.82) is 0 Å². The molecule has 2 rings (SSSR count). The van der Waals surface area contributed by atoms with Crippen LogP contribution in [0.5, 0.6) is 0 Å². The molecule has 118 valence electrons. The maximum atomic E-state index is 6.08. The fourth-order valence-corrected chi connectivity index (χ4v) is 3.50. The van der Waals surface area contributed by atoms with Gasteiger partial charge in [-0.05, 0) is 43.5 Å². The Balaban J connectivity index is 1.97. The molecule has 1 aliphatic rings. The van der Waals surface area contributed by atoms with Crippen molar-refractivity contribution in [2.75, 3.05) is 37.6 Å². The van der Waals surface area contributed by atoms with Crippen LogP contribution in [-0.2, 0) is 0 Å². The molecule has 0 aromatic heterocycles. The van der Waals surface area contributed by atoms with E-state index in [1.54, 1.807) is 0 Å². The summed E-state index contributed by atoms with van der Waals surface area (Å²) in [6.45, 7) is 11.8. The summed E-state index contributed by atoms with van der Waals surface area (Å²) in [6.07, 6.45) is 1.16. The molecule has 21 heavy (non-hydrogen) atoms. The van der Waals surface area contributed by atoms with Gasteiger partial charge >= 0.3 is 0 Å². The van der Waals surface area contributed by atoms with Crippen molar-refractivity contribution in [2.45, 2.75) is 32.7 Å². The van der Waals surface area contributed by atoms with Crippen LogP contribution in [0.4, 0.5) is 5.69 Å². The van der Waals surface area contributed by atoms with Gasteiger partial charge in [0.2, 0.25) is 0 Å². The minimum atomic E-state index is 0.125. The van der Waals surface area contributed by atoms with Crippen molar-refractivity contribution in [3.8, 4) is 0 Å². The van der Waals surface area contributed by atoms with Crippen molar-refractivity contribution < 1.29 is 0 Å². The second-order valence-electron chi connectivity index (χ2n) is 6.75. The fourth-order valence-electron chi connectivity index (χ4n) is 3.38. The molecule has 1 unspecified atom stereocenters. The van der Waals surface area contributed by atoms with Gasteiger partial charge in [0.15, 0.2) is 0 Å². The zero-order valence-corrected chi connectivity index (χ0v) is 14.2. The predicted octanol–water partition coefficient (Wildman–Crippen LogP) is 3.23. The van der Waals surface area contributed by atoms with E-state index in [2.05, 4.69) is 42.7 Å². The van der Waals surface area contributed by atoms with Crippen LogP contribution < -0.4 is 10.6 Å². The van der Waals surface area contributed by atoms with Crippen LogP contribution in [-0.4, -0.2) is 43.2 Å². The summed E-state index contributed by atoms with van der Waals surface area (Å²) in [6, 6.07) is 8.14. The Morgan fingerprint density at radius 2 is 1.71 bits per heavy atom. The number of halogens is 1. The number of benzene rings is 1. The van der Waals surface area contributed by atoms with Crippen LogP contribution in [0, 0.1) is 5.92 Å². The van der Waals surface area contributed by atoms with Gasteiger partial charge in [0.05, 0.1) is 0 Å². The molecule has 0 saturated carbocycles. The first-order valence-electron chi connectivity index (χ1n) is 7.90. The lowest BCUT2D eigenvalue weighted by Crippen LogP contribution is -2.59. The van der Waals surface area contributed by atoms with Gasteiger partial charge in [-0.3, -0.25) is 4.90 Å². The molecule has 0 amide bonds. The molecule has 0 aliphatic carbocycles. The lowest BCUT2D eigenvalue weighted by atomic mass is 9.88. The van der Waals surface area contributed by atoms with Crippen molar-refractivity contribution in [2.24, 2.45) is 11.7 Å². The Kier molecular flexibility index (Phi) is 5.53. The van der Waals surface area contributed by atoms with Gasteiger partial charge in [0.25, 0.3) is 0 Å². The summed E-state index contributed by atoms with van der Waals surface area (Å²) in [5.74, 6) is 0.674. The molecule has 1 fully saturated rings. The zero-order valence-electron chi connectivity index (χ0n) is 13.5. The molecule has 1 aliphatic heterocycles. The first-order valence-corrected chi connectivity index (χ1v) is 8.28. The molecule has 1 aromatic carbocycles. The molecule has 1 atom stereocenters. The molecular weight excluding hydrogens is 282 g/mol. The van der Waals surface area contributed by atoms with Crippen LogP contribution in [0.15, 0.2) is 24.3 Å². The molecule has 1 saturated heterocycles. The number of hydrogen-bond donors (Lipinski definition) is 1. The van der Waals surface area contributed by atoms with E-state index in [1.807, 2.05) is 12.1 Å². The topological polar surface area (TPSA) is 32.5 Å². The minimum absolute atomic E-state index is 0.125. The zero-order chi connectivity index (χ0) is 15.5. The van der Waals surface area contributed by atoms with Crippen molar-refractivity contribution in [1.82, 2.24) is 4.90 Å². The van der Waals surface area contributed by atoms with Gasteiger partial charge < -0.3 is 10.6 Å². The SMILES string of the molecule is CC(C)CC(C)(CN)N1CCN(c2ccc(Cl)cc2)CC1. The van der Waals surface area contributed by atoms with E-state index in [1.165, 1.54) is 5.69 Å². The summed E-state index contributed by atoms with van der Waals surface area (Å²) in [7, 11) is 0. The van der Waals surface area contributed by atoms with Crippen molar-refractivity contribution in [3.05, 3.63) is 29.3 Å². The first-order chi connectivity index (χ1) is 9.94. The summed E-state index contributed by atoms with van der Waals surface area (Å²) in [5.41, 5.74) is 7.47. The van der Waals surface area contributed by atoms with E-state index in [-0.39, 0.29) is 5.54 Å². The normalized spacial score (nSPS) is 19.8. The van der Waals surface area contributed by atoms with Crippen LogP contribution in [0.25, 0.3) is 0 Å². The largest absolute Gasteiger partial charge is 0.369 e. The van der Waals surface area contributed by atoms with Crippen LogP contribution in [0.1, 0.15) is 27.2 Å². The van der Waals surface area contributed by atoms with Gasteiger partial charge in [0.1, 0.15) is 0 Å². The van der Waals surface area contributed by atoms with Crippen LogP contribution in [0.3, 0.4) is 0 Å². The number of anilines is 1. The minimum Gasteiger partial charge on any atom is -0.369 e. The second-order valence-corrected chi connectivity index (χ2v) is 7.19. The lowest BCUT2D eigenvalue weighted by molar-refractivity contribution is 0.0826. The third-order valence-electron chi connectivity index (χ3n) is 4.52. The molecule has 0 spiro atoms. The number of nitrogens with zero attached hydrogens (tertiary/aromatic N) is 2. The molecule has 3 nitrogen and oxygen atoms in total. The average molecular weight is 310 g/mol. The van der Waals surface area contributed by atoms with Gasteiger partial charge in [-0.2, -0.15) is 0 Å². The summed E-state index contributed by atoms with van der Waals surface area (Å²) >= 11 is 5.96. The Labute approximate surface area is 134 Å². The van der Waals surface area contributed by atoms with E-state index in [9.17, 15) is 0 Å². The summed E-state index contributed by atoms with van der Waals surface area (Å²) in [5, 5.41) is 0.796. The molecule has 1 heterocycles. The van der Waals surface area contributed by atoms with Gasteiger partial charge in [-0.15, -0.1) is 0 Å². The Morgan fingerprint density at radius 3 is 2.19 bits per heavy atom. The number of rotatable bonds is 5. The highest BCUT2D eigenvalue weighted by Gasteiger charge is 2.33. The van der Waals surface area contributed by atoms with Gasteiger partial charge in [-0.1, -0.05) is 25.4 Å². The van der Waals surface area contributed by atoms with E-state index >= 15 is 0 Å². The molecule has 4 heteroatoms. The van der Waals surface area contributed by atoms with Gasteiger partial charge in [-0.25, -0.2) is 0 Å². The Bertz CT molecular complexity index is 438. The Morgan fingerprint density at radius 1 is 1.14 bits per heavy atom. The summed E-state index contributed by atoms with van der Waals surface area (Å²) < 4.78 is 0. The highest BCUT2D eigenvalue weighted by atomic mass is 35.5. The highest BCUT2D eigenvalue weighted by Crippen LogP contribution is 2.26. The van der Waals surface area contributed by atoms with Gasteiger partial charge in [0, 0.05) is 49.0 Å². The van der Waals surface area contributed by atoms with Crippen molar-refractivity contribution >= 4 is 17.3 Å². The fraction of sp³-hybridized carbons (Fsp3) is 0.647. The van der Waals surface area contributed by atoms with E-state index in [0.29, 0.717) is 5.92 Å². The molecule has 0 radical (unpaired) electrons. The van der Waals surface area contributed by atoms with Crippen LogP contribution >= 0.6 is 11.6 Å². The predicted molar refractivity (Wildman–Crippen MR) is 92.2 cm³/mol. The quantitative estimate of drug-likeness (QED) is 0.906. The highest BCUT2D eigenvalue weighted by molar-refractivity contribution is 6.30. The number of hydrogen-bond acceptors (Lipinski definition) is 3. The first kappa shape index (κ1) is 16.6. The Hall–Kier alpha value is -0.770. The molecule has 1 aromatic rings. The average Bonchev–Trinajstić information content (AvgIpc) is 2.47. The summed E-state index contributed by atoms with van der Waals surface area (Å²) in [4.78, 5) is 5.00. The third-order valence-corrected chi connectivity index (χ3v) is 4.77. The monoisotopic (exact) mass is 309 g/mol. The van der Waals surface area contributed by atoms with E-state index in [0.717, 1.165) is 44.2 Å². The standard InChI is InChI=1S/C17H28ClN3/c1-14(2)12-17(3,13-19)21-10-8-20(9-11-21)16-6-4-15(18)5-7-16/h4-7,14H,8-13,19H2,1-3H3. The maximum absolute atomic E-state index is 6.08. The molecule has 2 N–H and O–H groups in total. The molecule has 0 bridgehead atoms. The second kappa shape index (κ2) is 6.99. The van der Waals surface area contributed by atoms with E-state index < -0.39 is 0 Å².